The molecule has 0 amide bonds. The van der Waals surface area contributed by atoms with E-state index in [0.29, 0.717) is 14.3 Å². The first-order chi connectivity index (χ1) is 13.1. The molecule has 0 radical (unpaired) electrons. The first-order valence-corrected chi connectivity index (χ1v) is 11.5. The van der Waals surface area contributed by atoms with Gasteiger partial charge in [0.25, 0.3) is 0 Å². The van der Waals surface area contributed by atoms with Crippen molar-refractivity contribution in [1.82, 2.24) is 5.32 Å². The lowest BCUT2D eigenvalue weighted by Crippen LogP contribution is -2.36. The molecule has 2 atom stereocenters. The van der Waals surface area contributed by atoms with Crippen molar-refractivity contribution in [2.45, 2.75) is 85.0 Å². The van der Waals surface area contributed by atoms with Crippen LogP contribution in [0.3, 0.4) is 0 Å². The van der Waals surface area contributed by atoms with Crippen LogP contribution in [0.5, 0.6) is 5.75 Å². The second-order valence-corrected chi connectivity index (χ2v) is 10.8. The predicted octanol–water partition coefficient (Wildman–Crippen LogP) is 6.31. The van der Waals surface area contributed by atoms with Crippen LogP contribution in [0, 0.1) is 13.8 Å². The van der Waals surface area contributed by atoms with Gasteiger partial charge in [0, 0.05) is 22.8 Å². The second-order valence-electron chi connectivity index (χ2n) is 9.05. The van der Waals surface area contributed by atoms with Gasteiger partial charge in [-0.05, 0) is 63.9 Å². The number of phenols is 1. The maximum absolute atomic E-state index is 11.0. The normalized spacial score (nSPS) is 14.5. The molecule has 0 bridgehead atoms. The third kappa shape index (κ3) is 5.58. The van der Waals surface area contributed by atoms with Crippen LogP contribution >= 0.6 is 8.58 Å². The van der Waals surface area contributed by atoms with E-state index in [2.05, 4.69) is 83.3 Å². The lowest BCUT2D eigenvalue weighted by atomic mass is 9.88. The molecule has 2 rings (SSSR count). The van der Waals surface area contributed by atoms with Crippen molar-refractivity contribution in [3.63, 3.8) is 0 Å². The molecule has 2 nitrogen and oxygen atoms in total. The van der Waals surface area contributed by atoms with Crippen molar-refractivity contribution in [2.75, 3.05) is 0 Å². The Morgan fingerprint density at radius 1 is 1.04 bits per heavy atom. The summed E-state index contributed by atoms with van der Waals surface area (Å²) in [6.07, 6.45) is 3.21. The zero-order valence-electron chi connectivity index (χ0n) is 18.7. The quantitative estimate of drug-likeness (QED) is 0.510. The number of hydrogen-bond donors (Lipinski definition) is 2. The highest BCUT2D eigenvalue weighted by Gasteiger charge is 2.33. The molecular formula is C25H38NOP. The fraction of sp³-hybridized carbons (Fsp3) is 0.520. The van der Waals surface area contributed by atoms with E-state index in [4.69, 9.17) is 0 Å². The highest BCUT2D eigenvalue weighted by atomic mass is 31.1. The summed E-state index contributed by atoms with van der Waals surface area (Å²) in [5, 5.41) is 16.0. The molecule has 0 heterocycles. The summed E-state index contributed by atoms with van der Waals surface area (Å²) >= 11 is 0. The van der Waals surface area contributed by atoms with E-state index in [-0.39, 0.29) is 10.7 Å². The molecule has 0 spiro atoms. The molecule has 2 aromatic rings. The van der Waals surface area contributed by atoms with Crippen molar-refractivity contribution in [1.29, 1.82) is 0 Å². The highest BCUT2D eigenvalue weighted by Crippen LogP contribution is 2.51. The van der Waals surface area contributed by atoms with Gasteiger partial charge in [0.05, 0.1) is 0 Å². The van der Waals surface area contributed by atoms with Gasteiger partial charge >= 0.3 is 0 Å². The van der Waals surface area contributed by atoms with Gasteiger partial charge in [-0.25, -0.2) is 0 Å². The fourth-order valence-electron chi connectivity index (χ4n) is 3.89. The van der Waals surface area contributed by atoms with E-state index in [0.717, 1.165) is 36.9 Å². The molecule has 2 unspecified atom stereocenters. The Morgan fingerprint density at radius 2 is 1.71 bits per heavy atom. The molecule has 28 heavy (non-hydrogen) atoms. The Bertz CT molecular complexity index is 794. The minimum Gasteiger partial charge on any atom is -0.507 e. The Kier molecular flexibility index (Phi) is 7.71. The van der Waals surface area contributed by atoms with Gasteiger partial charge in [-0.15, -0.1) is 0 Å². The number of hydrogen-bond acceptors (Lipinski definition) is 2. The SMILES string of the molecule is CCCC(CC)(Pc1ccccc1CNC(C)(C)C)c1cc(C)cc(C)c1O. The molecule has 2 aromatic carbocycles. The zero-order valence-corrected chi connectivity index (χ0v) is 19.7. The second kappa shape index (κ2) is 9.42. The highest BCUT2D eigenvalue weighted by molar-refractivity contribution is 7.48. The average Bonchev–Trinajstić information content (AvgIpc) is 2.63. The van der Waals surface area contributed by atoms with Crippen LogP contribution in [0.4, 0.5) is 0 Å². The Morgan fingerprint density at radius 3 is 2.32 bits per heavy atom. The van der Waals surface area contributed by atoms with E-state index in [9.17, 15) is 5.11 Å². The van der Waals surface area contributed by atoms with Crippen LogP contribution < -0.4 is 10.6 Å². The largest absolute Gasteiger partial charge is 0.507 e. The number of nitrogens with one attached hydrogen (secondary N) is 1. The van der Waals surface area contributed by atoms with E-state index in [1.807, 2.05) is 6.92 Å². The topological polar surface area (TPSA) is 32.3 Å². The van der Waals surface area contributed by atoms with Crippen molar-refractivity contribution < 1.29 is 5.11 Å². The van der Waals surface area contributed by atoms with Crippen LogP contribution in [0.15, 0.2) is 36.4 Å². The van der Waals surface area contributed by atoms with Gasteiger partial charge in [-0.3, -0.25) is 0 Å². The minimum atomic E-state index is -0.0204. The molecule has 2 N–H and O–H groups in total. The summed E-state index contributed by atoms with van der Waals surface area (Å²) in [5.41, 5.74) is 4.80. The smallest absolute Gasteiger partial charge is 0.122 e. The van der Waals surface area contributed by atoms with Gasteiger partial charge in [-0.1, -0.05) is 70.8 Å². The van der Waals surface area contributed by atoms with Gasteiger partial charge in [-0.2, -0.15) is 0 Å². The Hall–Kier alpha value is -1.37. The third-order valence-corrected chi connectivity index (χ3v) is 7.55. The van der Waals surface area contributed by atoms with Crippen LogP contribution in [0.2, 0.25) is 0 Å². The van der Waals surface area contributed by atoms with Crippen LogP contribution in [-0.4, -0.2) is 10.6 Å². The van der Waals surface area contributed by atoms with Crippen LogP contribution in [0.25, 0.3) is 0 Å². The van der Waals surface area contributed by atoms with Gasteiger partial charge in [0.1, 0.15) is 5.75 Å². The summed E-state index contributed by atoms with van der Waals surface area (Å²) in [4.78, 5) is 0. The van der Waals surface area contributed by atoms with Gasteiger partial charge in [0.2, 0.25) is 0 Å². The Labute approximate surface area is 173 Å². The van der Waals surface area contributed by atoms with Crippen molar-refractivity contribution in [2.24, 2.45) is 0 Å². The van der Waals surface area contributed by atoms with Crippen molar-refractivity contribution >= 4 is 13.9 Å². The molecule has 0 aliphatic carbocycles. The van der Waals surface area contributed by atoms with E-state index in [1.165, 1.54) is 16.4 Å². The summed E-state index contributed by atoms with van der Waals surface area (Å²) in [5.74, 6) is 0.485. The van der Waals surface area contributed by atoms with Crippen LogP contribution in [-0.2, 0) is 11.7 Å². The Balaban J connectivity index is 2.49. The predicted molar refractivity (Wildman–Crippen MR) is 125 cm³/mol. The van der Waals surface area contributed by atoms with E-state index in [1.54, 1.807) is 0 Å². The lowest BCUT2D eigenvalue weighted by molar-refractivity contribution is 0.425. The molecule has 0 fully saturated rings. The first-order valence-electron chi connectivity index (χ1n) is 10.5. The third-order valence-electron chi connectivity index (χ3n) is 5.44. The molecule has 3 heteroatoms. The number of rotatable bonds is 8. The van der Waals surface area contributed by atoms with Gasteiger partial charge in [0.15, 0.2) is 0 Å². The molecule has 0 aliphatic heterocycles. The maximum atomic E-state index is 11.0. The summed E-state index contributed by atoms with van der Waals surface area (Å²) in [6, 6.07) is 13.1. The number of benzene rings is 2. The zero-order chi connectivity index (χ0) is 20.9. The van der Waals surface area contributed by atoms with E-state index < -0.39 is 0 Å². The lowest BCUT2D eigenvalue weighted by Gasteiger charge is -2.36. The minimum absolute atomic E-state index is 0.0204. The number of aryl methyl sites for hydroxylation is 2. The molecular weight excluding hydrogens is 361 g/mol. The summed E-state index contributed by atoms with van der Waals surface area (Å²) in [7, 11) is 0.631. The maximum Gasteiger partial charge on any atom is 0.122 e. The van der Waals surface area contributed by atoms with Gasteiger partial charge < -0.3 is 10.4 Å². The molecule has 0 saturated carbocycles. The molecule has 0 aliphatic rings. The first kappa shape index (κ1) is 22.9. The van der Waals surface area contributed by atoms with E-state index >= 15 is 0 Å². The standard InChI is InChI=1S/C25H38NOP/c1-8-14-25(9-2,21-16-18(3)15-19(4)23(21)27)28-22-13-11-10-12-20(22)17-26-24(5,6)7/h10-13,15-16,26-28H,8-9,14,17H2,1-7H3. The average molecular weight is 400 g/mol. The van der Waals surface area contributed by atoms with Crippen molar-refractivity contribution in [3.05, 3.63) is 58.7 Å². The van der Waals surface area contributed by atoms with Crippen LogP contribution in [0.1, 0.15) is 76.1 Å². The summed E-state index contributed by atoms with van der Waals surface area (Å²) < 4.78 is 0. The number of aromatic hydroxyl groups is 1. The fourth-order valence-corrected chi connectivity index (χ4v) is 5.79. The number of phenolic OH excluding ortho intramolecular Hbond substituents is 1. The molecule has 0 saturated heterocycles. The molecule has 0 aromatic heterocycles. The summed E-state index contributed by atoms with van der Waals surface area (Å²) in [6.45, 7) is 16.2. The van der Waals surface area contributed by atoms with Crippen molar-refractivity contribution in [3.8, 4) is 5.75 Å². The monoisotopic (exact) mass is 399 g/mol. The molecule has 154 valence electrons.